The maximum absolute atomic E-state index is 6.45. The van der Waals surface area contributed by atoms with E-state index < -0.39 is 0 Å². The highest BCUT2D eigenvalue weighted by molar-refractivity contribution is 8.00. The van der Waals surface area contributed by atoms with Crippen LogP contribution in [0.15, 0.2) is 35.5 Å². The maximum Gasteiger partial charge on any atom is 0.119 e. The van der Waals surface area contributed by atoms with Gasteiger partial charge >= 0.3 is 0 Å². The summed E-state index contributed by atoms with van der Waals surface area (Å²) in [6.45, 7) is 0. The zero-order chi connectivity index (χ0) is 14.1. The van der Waals surface area contributed by atoms with E-state index in [4.69, 9.17) is 10.5 Å². The van der Waals surface area contributed by atoms with Gasteiger partial charge in [0.15, 0.2) is 0 Å². The van der Waals surface area contributed by atoms with Crippen molar-refractivity contribution >= 4 is 11.8 Å². The number of thioether (sulfide) groups is 1. The third-order valence-corrected chi connectivity index (χ3v) is 5.09. The third-order valence-electron chi connectivity index (χ3n) is 3.78. The van der Waals surface area contributed by atoms with Crippen molar-refractivity contribution in [2.45, 2.75) is 29.0 Å². The average molecular weight is 289 g/mol. The standard InChI is InChI=1S/C15H19N3OS/c1-18-9-12(8-17-18)20-14-6-3-10-7-11(19-2)4-5-13(10)15(14)16/h4-5,7-9,14-15H,3,6,16H2,1-2H3. The Hall–Kier alpha value is -1.46. The van der Waals surface area contributed by atoms with Gasteiger partial charge in [-0.25, -0.2) is 0 Å². The first-order valence-corrected chi connectivity index (χ1v) is 7.63. The van der Waals surface area contributed by atoms with E-state index in [0.29, 0.717) is 5.25 Å². The molecular weight excluding hydrogens is 270 g/mol. The van der Waals surface area contributed by atoms with Crippen molar-refractivity contribution in [3.8, 4) is 5.75 Å². The number of fused-ring (bicyclic) bond motifs is 1. The Kier molecular flexibility index (Phi) is 3.72. The predicted molar refractivity (Wildman–Crippen MR) is 81.1 cm³/mol. The van der Waals surface area contributed by atoms with Crippen LogP contribution in [0.4, 0.5) is 0 Å². The molecule has 20 heavy (non-hydrogen) atoms. The molecule has 2 aromatic rings. The Morgan fingerprint density at radius 3 is 3.00 bits per heavy atom. The number of methoxy groups -OCH3 is 1. The summed E-state index contributed by atoms with van der Waals surface area (Å²) < 4.78 is 7.11. The summed E-state index contributed by atoms with van der Waals surface area (Å²) in [7, 11) is 3.64. The molecule has 0 saturated heterocycles. The monoisotopic (exact) mass is 289 g/mol. The van der Waals surface area contributed by atoms with Crippen molar-refractivity contribution in [2.24, 2.45) is 12.8 Å². The highest BCUT2D eigenvalue weighted by Crippen LogP contribution is 2.39. The van der Waals surface area contributed by atoms with Crippen molar-refractivity contribution < 1.29 is 4.74 Å². The smallest absolute Gasteiger partial charge is 0.119 e. The van der Waals surface area contributed by atoms with Gasteiger partial charge in [-0.2, -0.15) is 5.10 Å². The molecule has 1 heterocycles. The second-order valence-electron chi connectivity index (χ2n) is 5.14. The van der Waals surface area contributed by atoms with Crippen LogP contribution in [0.25, 0.3) is 0 Å². The maximum atomic E-state index is 6.45. The molecule has 106 valence electrons. The highest BCUT2D eigenvalue weighted by atomic mass is 32.2. The lowest BCUT2D eigenvalue weighted by molar-refractivity contribution is 0.413. The lowest BCUT2D eigenvalue weighted by Gasteiger charge is -2.30. The molecule has 2 N–H and O–H groups in total. The number of rotatable bonds is 3. The molecule has 1 aromatic heterocycles. The summed E-state index contributed by atoms with van der Waals surface area (Å²) in [6.07, 6.45) is 6.08. The van der Waals surface area contributed by atoms with Crippen LogP contribution < -0.4 is 10.5 Å². The largest absolute Gasteiger partial charge is 0.497 e. The van der Waals surface area contributed by atoms with E-state index in [1.54, 1.807) is 7.11 Å². The quantitative estimate of drug-likeness (QED) is 0.943. The van der Waals surface area contributed by atoms with Gasteiger partial charge in [0.1, 0.15) is 5.75 Å². The van der Waals surface area contributed by atoms with Gasteiger partial charge in [0.05, 0.1) is 13.3 Å². The van der Waals surface area contributed by atoms with Crippen LogP contribution in [0.1, 0.15) is 23.6 Å². The van der Waals surface area contributed by atoms with Gasteiger partial charge in [-0.3, -0.25) is 4.68 Å². The second-order valence-corrected chi connectivity index (χ2v) is 6.45. The molecule has 0 radical (unpaired) electrons. The van der Waals surface area contributed by atoms with E-state index in [-0.39, 0.29) is 6.04 Å². The number of ether oxygens (including phenoxy) is 1. The Bertz CT molecular complexity index is 611. The Morgan fingerprint density at radius 2 is 2.30 bits per heavy atom. The molecule has 1 aliphatic carbocycles. The van der Waals surface area contributed by atoms with Crippen LogP contribution in [0.5, 0.6) is 5.75 Å². The lowest BCUT2D eigenvalue weighted by atomic mass is 9.87. The Morgan fingerprint density at radius 1 is 1.45 bits per heavy atom. The van der Waals surface area contributed by atoms with Crippen LogP contribution in [-0.2, 0) is 13.5 Å². The lowest BCUT2D eigenvalue weighted by Crippen LogP contribution is -2.29. The Labute approximate surface area is 123 Å². The summed E-state index contributed by atoms with van der Waals surface area (Å²) in [5, 5.41) is 4.62. The van der Waals surface area contributed by atoms with Crippen LogP contribution in [0.3, 0.4) is 0 Å². The van der Waals surface area contributed by atoms with Crippen LogP contribution in [0.2, 0.25) is 0 Å². The summed E-state index contributed by atoms with van der Waals surface area (Å²) >= 11 is 1.83. The van der Waals surface area contributed by atoms with Gasteiger partial charge in [0.2, 0.25) is 0 Å². The number of nitrogens with zero attached hydrogens (tertiary/aromatic N) is 2. The first-order valence-electron chi connectivity index (χ1n) is 6.75. The molecule has 0 spiro atoms. The van der Waals surface area contributed by atoms with Gasteiger partial charge < -0.3 is 10.5 Å². The fourth-order valence-corrected chi connectivity index (χ4v) is 3.89. The first kappa shape index (κ1) is 13.5. The van der Waals surface area contributed by atoms with Crippen molar-refractivity contribution in [3.05, 3.63) is 41.7 Å². The van der Waals surface area contributed by atoms with Crippen LogP contribution in [0, 0.1) is 0 Å². The van der Waals surface area contributed by atoms with E-state index in [0.717, 1.165) is 18.6 Å². The molecule has 0 fully saturated rings. The fraction of sp³-hybridized carbons (Fsp3) is 0.400. The molecule has 3 rings (SSSR count). The predicted octanol–water partition coefficient (Wildman–Crippen LogP) is 2.54. The summed E-state index contributed by atoms with van der Waals surface area (Å²) in [4.78, 5) is 1.19. The van der Waals surface area contributed by atoms with E-state index >= 15 is 0 Å². The summed E-state index contributed by atoms with van der Waals surface area (Å²) in [5.74, 6) is 0.911. The van der Waals surface area contributed by atoms with Crippen molar-refractivity contribution in [1.29, 1.82) is 0 Å². The molecule has 1 aromatic carbocycles. The topological polar surface area (TPSA) is 53.1 Å². The normalized spacial score (nSPS) is 21.6. The van der Waals surface area contributed by atoms with Gasteiger partial charge in [-0.1, -0.05) is 6.07 Å². The third kappa shape index (κ3) is 2.55. The van der Waals surface area contributed by atoms with Gasteiger partial charge in [-0.15, -0.1) is 11.8 Å². The molecule has 1 aliphatic rings. The second kappa shape index (κ2) is 5.50. The zero-order valence-corrected chi connectivity index (χ0v) is 12.6. The minimum atomic E-state index is 0.0647. The number of nitrogens with two attached hydrogens (primary N) is 1. The molecule has 4 nitrogen and oxygen atoms in total. The SMILES string of the molecule is COc1ccc2c(c1)CCC(Sc1cnn(C)c1)C2N. The molecule has 2 unspecified atom stereocenters. The molecule has 2 atom stereocenters. The van der Waals surface area contributed by atoms with Crippen LogP contribution in [-0.4, -0.2) is 22.1 Å². The minimum Gasteiger partial charge on any atom is -0.497 e. The number of hydrogen-bond acceptors (Lipinski definition) is 4. The molecule has 0 bridgehead atoms. The van der Waals surface area contributed by atoms with E-state index in [9.17, 15) is 0 Å². The van der Waals surface area contributed by atoms with Gasteiger partial charge in [0, 0.05) is 29.4 Å². The molecule has 0 aliphatic heterocycles. The van der Waals surface area contributed by atoms with Crippen molar-refractivity contribution in [2.75, 3.05) is 7.11 Å². The first-order chi connectivity index (χ1) is 9.67. The number of hydrogen-bond donors (Lipinski definition) is 1. The molecule has 5 heteroatoms. The van der Waals surface area contributed by atoms with E-state index in [1.165, 1.54) is 16.0 Å². The van der Waals surface area contributed by atoms with Gasteiger partial charge in [0.25, 0.3) is 0 Å². The number of benzene rings is 1. The van der Waals surface area contributed by atoms with E-state index in [2.05, 4.69) is 17.2 Å². The summed E-state index contributed by atoms with van der Waals surface area (Å²) in [6, 6.07) is 6.28. The molecule has 0 saturated carbocycles. The summed E-state index contributed by atoms with van der Waals surface area (Å²) in [5.41, 5.74) is 9.02. The van der Waals surface area contributed by atoms with E-state index in [1.807, 2.05) is 42.0 Å². The minimum absolute atomic E-state index is 0.0647. The Balaban J connectivity index is 1.80. The van der Waals surface area contributed by atoms with Gasteiger partial charge in [-0.05, 0) is 36.1 Å². The fourth-order valence-electron chi connectivity index (χ4n) is 2.70. The highest BCUT2D eigenvalue weighted by Gasteiger charge is 2.28. The average Bonchev–Trinajstić information content (AvgIpc) is 2.87. The van der Waals surface area contributed by atoms with Crippen molar-refractivity contribution in [3.63, 3.8) is 0 Å². The number of aryl methyl sites for hydroxylation is 2. The molecule has 0 amide bonds. The zero-order valence-electron chi connectivity index (χ0n) is 11.7. The van der Waals surface area contributed by atoms with Crippen molar-refractivity contribution in [1.82, 2.24) is 9.78 Å². The van der Waals surface area contributed by atoms with Crippen LogP contribution >= 0.6 is 11.8 Å². The number of aromatic nitrogens is 2. The molecular formula is C15H19N3OS.